The van der Waals surface area contributed by atoms with Crippen molar-refractivity contribution in [2.75, 3.05) is 26.4 Å². The summed E-state index contributed by atoms with van der Waals surface area (Å²) in [7, 11) is 0. The van der Waals surface area contributed by atoms with Gasteiger partial charge in [-0.25, -0.2) is 15.0 Å². The summed E-state index contributed by atoms with van der Waals surface area (Å²) in [6.07, 6.45) is 2.01. The van der Waals surface area contributed by atoms with E-state index in [4.69, 9.17) is 24.4 Å². The Morgan fingerprint density at radius 3 is 1.40 bits per heavy atom. The van der Waals surface area contributed by atoms with Gasteiger partial charge in [0.2, 0.25) is 0 Å². The molecule has 1 radical (unpaired) electrons. The third kappa shape index (κ3) is 8.37. The number of fused-ring (bicyclic) bond motifs is 2. The largest absolute Gasteiger partial charge is 3.00 e. The standard InChI is InChI=1S/C29H33N5O2.3ClH.Nd/c1-3-18-35-20-16-33-26-14-7-5-10-22(26)31-28(33)24-12-9-13-25(30-24)29-32-23-11-6-8-15-27(23)34(29)17-21-36-19-4-2;;;;/h5-15H,3-4,16-21H2,1-2H3;3*1H;/q;;;;+3/p-3. The van der Waals surface area contributed by atoms with Crippen molar-refractivity contribution in [3.63, 3.8) is 0 Å². The number of benzene rings is 2. The van der Waals surface area contributed by atoms with Gasteiger partial charge in [0, 0.05) is 26.3 Å². The first kappa shape index (κ1) is 36.7. The average molecular weight is 734 g/mol. The predicted molar refractivity (Wildman–Crippen MR) is 144 cm³/mol. The molecular weight excluding hydrogens is 701 g/mol. The van der Waals surface area contributed by atoms with Crippen molar-refractivity contribution in [2.24, 2.45) is 0 Å². The third-order valence-electron chi connectivity index (χ3n) is 6.13. The van der Waals surface area contributed by atoms with Gasteiger partial charge in [0.25, 0.3) is 0 Å². The molecule has 0 aliphatic heterocycles. The van der Waals surface area contributed by atoms with E-state index in [1.807, 2.05) is 54.6 Å². The molecule has 3 aromatic heterocycles. The van der Waals surface area contributed by atoms with Crippen LogP contribution in [0.25, 0.3) is 45.1 Å². The number of hydrogen-bond acceptors (Lipinski definition) is 5. The van der Waals surface area contributed by atoms with E-state index < -0.39 is 0 Å². The Morgan fingerprint density at radius 2 is 0.975 bits per heavy atom. The summed E-state index contributed by atoms with van der Waals surface area (Å²) in [5.41, 5.74) is 5.71. The molecule has 0 unspecified atom stereocenters. The van der Waals surface area contributed by atoms with Crippen molar-refractivity contribution in [1.82, 2.24) is 24.1 Å². The van der Waals surface area contributed by atoms with Crippen LogP contribution in [0.15, 0.2) is 66.7 Å². The number of aromatic nitrogens is 5. The molecule has 0 spiro atoms. The first-order chi connectivity index (χ1) is 17.8. The zero-order valence-corrected chi connectivity index (χ0v) is 28.2. The van der Waals surface area contributed by atoms with E-state index >= 15 is 0 Å². The van der Waals surface area contributed by atoms with Crippen LogP contribution < -0.4 is 37.2 Å². The predicted octanol–water partition coefficient (Wildman–Crippen LogP) is -3.02. The maximum atomic E-state index is 5.80. The van der Waals surface area contributed by atoms with Crippen LogP contribution in [0.3, 0.4) is 0 Å². The van der Waals surface area contributed by atoms with Crippen LogP contribution in [-0.2, 0) is 22.6 Å². The molecule has 0 bridgehead atoms. The quantitative estimate of drug-likeness (QED) is 0.128. The minimum absolute atomic E-state index is 0. The molecule has 40 heavy (non-hydrogen) atoms. The Bertz CT molecular complexity index is 1360. The van der Waals surface area contributed by atoms with Crippen molar-refractivity contribution in [2.45, 2.75) is 39.8 Å². The summed E-state index contributed by atoms with van der Waals surface area (Å²) < 4.78 is 16.0. The van der Waals surface area contributed by atoms with Crippen LogP contribution in [-0.4, -0.2) is 50.5 Å². The molecule has 0 amide bonds. The maximum absolute atomic E-state index is 5.80. The number of rotatable bonds is 12. The summed E-state index contributed by atoms with van der Waals surface area (Å²) in [6.45, 7) is 8.46. The zero-order chi connectivity index (χ0) is 24.7. The number of imidazole rings is 2. The SMILES string of the molecule is CCCOCCn1c(-c2cccc(-c3nc4ccccc4n3CCOCCC)n2)nc2ccccc21.[Cl-].[Cl-].[Cl-].[Nd+3]. The number of para-hydroxylation sites is 4. The van der Waals surface area contributed by atoms with Crippen molar-refractivity contribution in [3.05, 3.63) is 66.7 Å². The first-order valence-corrected chi connectivity index (χ1v) is 12.8. The molecule has 0 aliphatic rings. The summed E-state index contributed by atoms with van der Waals surface area (Å²) in [5.74, 6) is 1.68. The van der Waals surface area contributed by atoms with Gasteiger partial charge < -0.3 is 55.8 Å². The van der Waals surface area contributed by atoms with Gasteiger partial charge in [-0.1, -0.05) is 44.2 Å². The summed E-state index contributed by atoms with van der Waals surface area (Å²) in [4.78, 5) is 15.0. The molecule has 211 valence electrons. The number of nitrogens with zero attached hydrogens (tertiary/aromatic N) is 5. The van der Waals surface area contributed by atoms with Crippen molar-refractivity contribution >= 4 is 22.1 Å². The van der Waals surface area contributed by atoms with E-state index in [1.165, 1.54) is 0 Å². The molecule has 0 N–H and O–H groups in total. The van der Waals surface area contributed by atoms with Gasteiger partial charge in [0.15, 0.2) is 11.6 Å². The van der Waals surface area contributed by atoms with Crippen LogP contribution >= 0.6 is 0 Å². The smallest absolute Gasteiger partial charge is 1.00 e. The summed E-state index contributed by atoms with van der Waals surface area (Å²) >= 11 is 0. The number of pyridine rings is 1. The van der Waals surface area contributed by atoms with Gasteiger partial charge in [-0.15, -0.1) is 0 Å². The summed E-state index contributed by atoms with van der Waals surface area (Å²) in [6, 6.07) is 22.5. The van der Waals surface area contributed by atoms with Gasteiger partial charge in [0.1, 0.15) is 11.4 Å². The molecule has 0 aliphatic carbocycles. The van der Waals surface area contributed by atoms with Crippen LogP contribution in [0.2, 0.25) is 0 Å². The normalized spacial score (nSPS) is 10.4. The average Bonchev–Trinajstić information content (AvgIpc) is 3.48. The first-order valence-electron chi connectivity index (χ1n) is 12.8. The van der Waals surface area contributed by atoms with Gasteiger partial charge in [-0.2, -0.15) is 0 Å². The summed E-state index contributed by atoms with van der Waals surface area (Å²) in [5, 5.41) is 0. The Kier molecular flexibility index (Phi) is 16.8. The Balaban J connectivity index is 0.00000200. The van der Waals surface area contributed by atoms with Crippen molar-refractivity contribution in [3.8, 4) is 23.0 Å². The molecule has 5 aromatic rings. The number of hydrogen-bond donors (Lipinski definition) is 0. The van der Waals surface area contributed by atoms with E-state index in [2.05, 4.69) is 35.1 Å². The molecular formula is C29H33Cl3N5NdO2. The van der Waals surface area contributed by atoms with Gasteiger partial charge in [-0.05, 0) is 49.2 Å². The Hall–Kier alpha value is -1.33. The maximum Gasteiger partial charge on any atom is 3.00 e. The molecule has 0 saturated heterocycles. The van der Waals surface area contributed by atoms with E-state index in [1.54, 1.807) is 0 Å². The topological polar surface area (TPSA) is 67.0 Å². The molecule has 11 heteroatoms. The van der Waals surface area contributed by atoms with E-state index in [9.17, 15) is 0 Å². The second kappa shape index (κ2) is 18.3. The minimum atomic E-state index is 0. The van der Waals surface area contributed by atoms with Crippen molar-refractivity contribution < 1.29 is 87.5 Å². The fourth-order valence-corrected chi connectivity index (χ4v) is 4.48. The van der Waals surface area contributed by atoms with Gasteiger partial charge in [0.05, 0.1) is 35.3 Å². The number of halogens is 3. The fraction of sp³-hybridized carbons (Fsp3) is 0.345. The zero-order valence-electron chi connectivity index (χ0n) is 22.7. The second-order valence-electron chi connectivity index (χ2n) is 8.78. The number of ether oxygens (including phenoxy) is 2. The molecule has 7 nitrogen and oxygen atoms in total. The fourth-order valence-electron chi connectivity index (χ4n) is 4.48. The molecule has 0 atom stereocenters. The van der Waals surface area contributed by atoms with Gasteiger partial charge in [-0.3, -0.25) is 0 Å². The molecule has 0 saturated carbocycles. The van der Waals surface area contributed by atoms with Crippen LogP contribution in [0.1, 0.15) is 26.7 Å². The molecule has 2 aromatic carbocycles. The monoisotopic (exact) mass is 730 g/mol. The van der Waals surface area contributed by atoms with Crippen LogP contribution in [0.4, 0.5) is 0 Å². The van der Waals surface area contributed by atoms with Crippen LogP contribution in [0.5, 0.6) is 0 Å². The molecule has 3 heterocycles. The minimum Gasteiger partial charge on any atom is -1.00 e. The second-order valence-corrected chi connectivity index (χ2v) is 8.78. The Labute approximate surface area is 287 Å². The van der Waals surface area contributed by atoms with E-state index in [-0.39, 0.29) is 78.1 Å². The molecule has 0 fully saturated rings. The van der Waals surface area contributed by atoms with E-state index in [0.717, 1.165) is 84.2 Å². The third-order valence-corrected chi connectivity index (χ3v) is 6.13. The Morgan fingerprint density at radius 1 is 0.550 bits per heavy atom. The van der Waals surface area contributed by atoms with Gasteiger partial charge >= 0.3 is 40.8 Å². The van der Waals surface area contributed by atoms with Crippen LogP contribution in [0, 0.1) is 40.8 Å². The molecule has 5 rings (SSSR count). The van der Waals surface area contributed by atoms with E-state index in [0.29, 0.717) is 13.2 Å². The van der Waals surface area contributed by atoms with Crippen molar-refractivity contribution in [1.29, 1.82) is 0 Å².